The topological polar surface area (TPSA) is 58.2 Å². The van der Waals surface area contributed by atoms with Crippen molar-refractivity contribution in [1.82, 2.24) is 4.72 Å². The zero-order valence-electron chi connectivity index (χ0n) is 18.0. The fourth-order valence-electron chi connectivity index (χ4n) is 5.14. The van der Waals surface area contributed by atoms with E-state index in [2.05, 4.69) is 5.32 Å². The summed E-state index contributed by atoms with van der Waals surface area (Å²) < 4.78 is 103. The molecule has 1 aliphatic carbocycles. The average molecular weight is 507 g/mol. The number of hydrogen-bond acceptors (Lipinski definition) is 3. The van der Waals surface area contributed by atoms with Crippen LogP contribution in [-0.2, 0) is 16.2 Å². The Morgan fingerprint density at radius 1 is 0.912 bits per heavy atom. The van der Waals surface area contributed by atoms with Crippen molar-refractivity contribution in [3.05, 3.63) is 65.2 Å². The molecule has 0 saturated heterocycles. The summed E-state index contributed by atoms with van der Waals surface area (Å²) in [7, 11) is -5.45. The van der Waals surface area contributed by atoms with Gasteiger partial charge in [-0.1, -0.05) is 30.3 Å². The second-order valence-electron chi connectivity index (χ2n) is 8.92. The van der Waals surface area contributed by atoms with E-state index in [9.17, 15) is 34.8 Å². The summed E-state index contributed by atoms with van der Waals surface area (Å²) in [5.74, 6) is -0.691. The summed E-state index contributed by atoms with van der Waals surface area (Å²) in [5, 5.41) is 3.38. The van der Waals surface area contributed by atoms with E-state index in [1.165, 1.54) is 6.07 Å². The van der Waals surface area contributed by atoms with Gasteiger partial charge >= 0.3 is 21.7 Å². The first-order valence-corrected chi connectivity index (χ1v) is 12.4. The van der Waals surface area contributed by atoms with E-state index in [1.807, 2.05) is 30.3 Å². The van der Waals surface area contributed by atoms with Gasteiger partial charge in [-0.05, 0) is 72.8 Å². The van der Waals surface area contributed by atoms with Gasteiger partial charge in [0.2, 0.25) is 0 Å². The average Bonchev–Trinajstić information content (AvgIpc) is 2.99. The van der Waals surface area contributed by atoms with Gasteiger partial charge in [-0.2, -0.15) is 26.3 Å². The Bertz CT molecular complexity index is 1120. The molecule has 0 unspecified atom stereocenters. The molecule has 4 nitrogen and oxygen atoms in total. The van der Waals surface area contributed by atoms with E-state index >= 15 is 0 Å². The molecule has 0 radical (unpaired) electrons. The van der Waals surface area contributed by atoms with E-state index in [0.717, 1.165) is 17.7 Å². The van der Waals surface area contributed by atoms with E-state index in [0.29, 0.717) is 36.9 Å². The summed E-state index contributed by atoms with van der Waals surface area (Å²) in [4.78, 5) is 0. The highest BCUT2D eigenvalue weighted by Gasteiger charge is 2.46. The molecule has 11 heteroatoms. The zero-order valence-corrected chi connectivity index (χ0v) is 18.8. The van der Waals surface area contributed by atoms with E-state index in [1.54, 1.807) is 4.72 Å². The molecule has 1 fully saturated rings. The lowest BCUT2D eigenvalue weighted by Gasteiger charge is -2.41. The van der Waals surface area contributed by atoms with Crippen molar-refractivity contribution in [3.63, 3.8) is 0 Å². The molecule has 2 aliphatic rings. The molecule has 1 heterocycles. The van der Waals surface area contributed by atoms with Gasteiger partial charge < -0.3 is 5.32 Å². The smallest absolute Gasteiger partial charge is 0.378 e. The highest BCUT2D eigenvalue weighted by molar-refractivity contribution is 7.90. The predicted molar refractivity (Wildman–Crippen MR) is 115 cm³/mol. The monoisotopic (exact) mass is 506 g/mol. The number of alkyl halides is 6. The van der Waals surface area contributed by atoms with Gasteiger partial charge in [0.1, 0.15) is 0 Å². The molecule has 2 N–H and O–H groups in total. The lowest BCUT2D eigenvalue weighted by molar-refractivity contribution is -0.137. The summed E-state index contributed by atoms with van der Waals surface area (Å²) in [6.07, 6.45) is -2.66. The third-order valence-corrected chi connectivity index (χ3v) is 8.01. The Morgan fingerprint density at radius 3 is 2.24 bits per heavy atom. The van der Waals surface area contributed by atoms with Gasteiger partial charge in [-0.25, -0.2) is 13.1 Å². The molecule has 1 aliphatic heterocycles. The van der Waals surface area contributed by atoms with Crippen LogP contribution in [0.5, 0.6) is 0 Å². The van der Waals surface area contributed by atoms with Crippen molar-refractivity contribution in [2.24, 2.45) is 11.8 Å². The second-order valence-corrected chi connectivity index (χ2v) is 10.7. The molecule has 2 aromatic carbocycles. The summed E-state index contributed by atoms with van der Waals surface area (Å²) in [6, 6.07) is 12.9. The molecular formula is C23H24F6N2O2S. The summed E-state index contributed by atoms with van der Waals surface area (Å²) >= 11 is 0. The van der Waals surface area contributed by atoms with Crippen LogP contribution in [0.1, 0.15) is 54.3 Å². The van der Waals surface area contributed by atoms with Gasteiger partial charge in [-0.3, -0.25) is 0 Å². The molecule has 1 saturated carbocycles. The minimum absolute atomic E-state index is 0.0948. The number of hydrogen-bond donors (Lipinski definition) is 2. The zero-order chi connectivity index (χ0) is 24.7. The van der Waals surface area contributed by atoms with Gasteiger partial charge in [0.05, 0.1) is 11.6 Å². The maximum absolute atomic E-state index is 13.4. The molecule has 4 rings (SSSR count). The Kier molecular flexibility index (Phi) is 6.63. The van der Waals surface area contributed by atoms with Crippen LogP contribution in [0, 0.1) is 11.8 Å². The van der Waals surface area contributed by atoms with Crippen molar-refractivity contribution >= 4 is 15.7 Å². The van der Waals surface area contributed by atoms with Crippen molar-refractivity contribution in [2.75, 3.05) is 11.9 Å². The lowest BCUT2D eigenvalue weighted by Crippen LogP contribution is -2.39. The van der Waals surface area contributed by atoms with E-state index in [4.69, 9.17) is 0 Å². The largest absolute Gasteiger partial charge is 0.511 e. The van der Waals surface area contributed by atoms with Crippen LogP contribution in [0.2, 0.25) is 0 Å². The molecule has 34 heavy (non-hydrogen) atoms. The van der Waals surface area contributed by atoms with Crippen LogP contribution >= 0.6 is 0 Å². The number of benzene rings is 2. The normalized spacial score (nSPS) is 25.6. The van der Waals surface area contributed by atoms with E-state index < -0.39 is 27.3 Å². The summed E-state index contributed by atoms with van der Waals surface area (Å²) in [5.41, 5.74) is -4.01. The van der Waals surface area contributed by atoms with Crippen molar-refractivity contribution < 1.29 is 34.8 Å². The quantitative estimate of drug-likeness (QED) is 0.486. The number of rotatable bonds is 4. The fraction of sp³-hybridized carbons (Fsp3) is 0.478. The number of nitrogens with one attached hydrogen (secondary N) is 2. The minimum atomic E-state index is -5.45. The number of sulfonamides is 1. The summed E-state index contributed by atoms with van der Waals surface area (Å²) in [6.45, 7) is -0.361. The Labute approximate surface area is 193 Å². The van der Waals surface area contributed by atoms with Gasteiger partial charge in [0.25, 0.3) is 0 Å². The first kappa shape index (κ1) is 24.8. The Morgan fingerprint density at radius 2 is 1.59 bits per heavy atom. The standard InChI is InChI=1S/C23H24F6N2O2S/c24-22(25,26)16-8-11-20-19(12-16)17-9-6-14(13-30-34(32,33)23(27,28)29)7-10-18(17)21(31-20)15-4-2-1-3-5-15/h1-5,8,11-12,14,17-18,21,30-31H,6-7,9-10,13H2/t14-,17+,18-,21+/m1/s1. The molecule has 0 aromatic heterocycles. The van der Waals surface area contributed by atoms with Crippen molar-refractivity contribution in [3.8, 4) is 0 Å². The SMILES string of the molecule is O=S(=O)(NC[C@H]1CC[C@@H]2[C@H](CC1)c1cc(C(F)(F)F)ccc1N[C@H]2c1ccccc1)C(F)(F)F. The second kappa shape index (κ2) is 9.07. The van der Waals surface area contributed by atoms with Gasteiger partial charge in [-0.15, -0.1) is 0 Å². The third-order valence-electron chi connectivity index (χ3n) is 6.85. The van der Waals surface area contributed by atoms with E-state index in [-0.39, 0.29) is 30.3 Å². The highest BCUT2D eigenvalue weighted by atomic mass is 32.2. The van der Waals surface area contributed by atoms with Crippen LogP contribution in [-0.4, -0.2) is 20.5 Å². The lowest BCUT2D eigenvalue weighted by atomic mass is 9.72. The Hall–Kier alpha value is -2.27. The van der Waals surface area contributed by atoms with Crippen molar-refractivity contribution in [2.45, 2.75) is 49.3 Å². The van der Waals surface area contributed by atoms with Gasteiger partial charge in [0, 0.05) is 12.2 Å². The highest BCUT2D eigenvalue weighted by Crippen LogP contribution is 2.52. The molecule has 0 amide bonds. The molecule has 186 valence electrons. The molecule has 0 spiro atoms. The molecule has 2 aromatic rings. The van der Waals surface area contributed by atoms with Crippen LogP contribution in [0.4, 0.5) is 32.0 Å². The van der Waals surface area contributed by atoms with Crippen LogP contribution in [0.3, 0.4) is 0 Å². The van der Waals surface area contributed by atoms with Crippen molar-refractivity contribution in [1.29, 1.82) is 0 Å². The Balaban J connectivity index is 1.63. The number of halogens is 6. The fourth-order valence-corrected chi connectivity index (χ4v) is 5.76. The first-order chi connectivity index (χ1) is 15.9. The molecular weight excluding hydrogens is 482 g/mol. The predicted octanol–water partition coefficient (Wildman–Crippen LogP) is 6.20. The molecule has 0 bridgehead atoms. The van der Waals surface area contributed by atoms with Crippen LogP contribution in [0.25, 0.3) is 0 Å². The number of anilines is 1. The first-order valence-electron chi connectivity index (χ1n) is 11.0. The molecule has 4 atom stereocenters. The van der Waals surface area contributed by atoms with Crippen LogP contribution < -0.4 is 10.0 Å². The van der Waals surface area contributed by atoms with Gasteiger partial charge in [0.15, 0.2) is 0 Å². The van der Waals surface area contributed by atoms with Crippen LogP contribution in [0.15, 0.2) is 48.5 Å². The maximum Gasteiger partial charge on any atom is 0.511 e. The third kappa shape index (κ3) is 5.05. The number of fused-ring (bicyclic) bond motifs is 3. The minimum Gasteiger partial charge on any atom is -0.378 e. The maximum atomic E-state index is 13.4.